The Kier molecular flexibility index (Phi) is 20.1. The van der Waals surface area contributed by atoms with Gasteiger partial charge in [0.1, 0.15) is 0 Å². The molecule has 0 aliphatic rings. The van der Waals surface area contributed by atoms with E-state index in [0.717, 1.165) is 32.1 Å². The van der Waals surface area contributed by atoms with Crippen LogP contribution in [0.4, 0.5) is 0 Å². The second-order valence-electron chi connectivity index (χ2n) is 8.53. The Bertz CT molecular complexity index is 409. The molecule has 0 saturated carbocycles. The number of rotatable bonds is 22. The van der Waals surface area contributed by atoms with E-state index < -0.39 is 10.1 Å². The van der Waals surface area contributed by atoms with E-state index in [1.807, 2.05) is 0 Å². The molecule has 0 amide bonds. The predicted octanol–water partition coefficient (Wildman–Crippen LogP) is 7.06. The van der Waals surface area contributed by atoms with Crippen LogP contribution in [0.5, 0.6) is 0 Å². The zero-order valence-electron chi connectivity index (χ0n) is 18.5. The van der Waals surface area contributed by atoms with Gasteiger partial charge in [-0.05, 0) is 19.3 Å². The highest BCUT2D eigenvalue weighted by Gasteiger charge is 2.03. The van der Waals surface area contributed by atoms with Crippen molar-refractivity contribution in [3.05, 3.63) is 0 Å². The van der Waals surface area contributed by atoms with Gasteiger partial charge in [-0.1, -0.05) is 116 Å². The number of hydrogen-bond acceptors (Lipinski definition) is 3. The van der Waals surface area contributed by atoms with Gasteiger partial charge in [-0.15, -0.1) is 0 Å². The smallest absolute Gasteiger partial charge is 0.264 e. The van der Waals surface area contributed by atoms with E-state index in [-0.39, 0.29) is 11.9 Å². The van der Waals surface area contributed by atoms with Crippen molar-refractivity contribution in [2.75, 3.05) is 5.75 Å². The van der Waals surface area contributed by atoms with Crippen molar-refractivity contribution in [1.29, 1.82) is 0 Å². The molecular formula is C23H48O4S. The standard InChI is InChI=1S/C23H48O4S/c1-2-3-20-23(24)21-18-16-14-12-10-8-6-4-5-7-9-11-13-15-17-19-22-28(25,26)27/h23-24H,2-22H2,1H3,(H,25,26,27). The molecule has 170 valence electrons. The van der Waals surface area contributed by atoms with E-state index >= 15 is 0 Å². The first-order valence-electron chi connectivity index (χ1n) is 12.1. The van der Waals surface area contributed by atoms with Gasteiger partial charge in [0.15, 0.2) is 0 Å². The van der Waals surface area contributed by atoms with Crippen LogP contribution in [0.25, 0.3) is 0 Å². The molecule has 0 heterocycles. The molecule has 28 heavy (non-hydrogen) atoms. The molecule has 0 saturated heterocycles. The molecule has 5 heteroatoms. The fourth-order valence-corrected chi connectivity index (χ4v) is 4.29. The number of hydrogen-bond donors (Lipinski definition) is 2. The van der Waals surface area contributed by atoms with Crippen LogP contribution in [0.1, 0.15) is 135 Å². The second kappa shape index (κ2) is 20.2. The maximum Gasteiger partial charge on any atom is 0.264 e. The second-order valence-corrected chi connectivity index (χ2v) is 10.1. The van der Waals surface area contributed by atoms with E-state index in [2.05, 4.69) is 6.92 Å². The summed E-state index contributed by atoms with van der Waals surface area (Å²) >= 11 is 0. The van der Waals surface area contributed by atoms with Crippen molar-refractivity contribution < 1.29 is 18.1 Å². The average molecular weight is 421 g/mol. The van der Waals surface area contributed by atoms with Crippen molar-refractivity contribution in [1.82, 2.24) is 0 Å². The molecular weight excluding hydrogens is 372 g/mol. The first kappa shape index (κ1) is 27.9. The SMILES string of the molecule is CCCCC(O)CCCCCCCCCCCCCCCCCCS(=O)(=O)O. The largest absolute Gasteiger partial charge is 0.393 e. The molecule has 0 spiro atoms. The topological polar surface area (TPSA) is 74.6 Å². The third-order valence-electron chi connectivity index (χ3n) is 5.58. The lowest BCUT2D eigenvalue weighted by molar-refractivity contribution is 0.148. The van der Waals surface area contributed by atoms with Crippen LogP contribution >= 0.6 is 0 Å². The van der Waals surface area contributed by atoms with Crippen molar-refractivity contribution in [2.24, 2.45) is 0 Å². The maximum atomic E-state index is 10.6. The molecule has 1 unspecified atom stereocenters. The highest BCUT2D eigenvalue weighted by Crippen LogP contribution is 2.15. The third kappa shape index (κ3) is 23.9. The zero-order valence-corrected chi connectivity index (χ0v) is 19.4. The first-order valence-corrected chi connectivity index (χ1v) is 13.7. The van der Waals surface area contributed by atoms with Crippen molar-refractivity contribution in [3.63, 3.8) is 0 Å². The molecule has 0 aromatic rings. The summed E-state index contributed by atoms with van der Waals surface area (Å²) in [5.74, 6) is -0.0881. The fourth-order valence-electron chi connectivity index (χ4n) is 3.72. The van der Waals surface area contributed by atoms with Crippen LogP contribution in [-0.2, 0) is 10.1 Å². The first-order chi connectivity index (χ1) is 13.5. The van der Waals surface area contributed by atoms with Gasteiger partial charge in [0.25, 0.3) is 10.1 Å². The van der Waals surface area contributed by atoms with E-state index in [1.54, 1.807) is 0 Å². The molecule has 2 N–H and O–H groups in total. The molecule has 0 aliphatic carbocycles. The lowest BCUT2D eigenvalue weighted by Crippen LogP contribution is -2.05. The molecule has 0 fully saturated rings. The van der Waals surface area contributed by atoms with Crippen molar-refractivity contribution >= 4 is 10.1 Å². The van der Waals surface area contributed by atoms with Crippen LogP contribution in [0, 0.1) is 0 Å². The Morgan fingerprint density at radius 3 is 1.25 bits per heavy atom. The van der Waals surface area contributed by atoms with Crippen LogP contribution in [-0.4, -0.2) is 29.9 Å². The van der Waals surface area contributed by atoms with Gasteiger partial charge in [-0.2, -0.15) is 8.42 Å². The van der Waals surface area contributed by atoms with Crippen molar-refractivity contribution in [2.45, 2.75) is 141 Å². The Labute approximate surface area is 175 Å². The average Bonchev–Trinajstić information content (AvgIpc) is 2.64. The highest BCUT2D eigenvalue weighted by molar-refractivity contribution is 7.85. The van der Waals surface area contributed by atoms with Gasteiger partial charge in [0.2, 0.25) is 0 Å². The maximum absolute atomic E-state index is 10.6. The van der Waals surface area contributed by atoms with Gasteiger partial charge in [-0.25, -0.2) is 0 Å². The summed E-state index contributed by atoms with van der Waals surface area (Å²) in [5, 5.41) is 9.80. The minimum absolute atomic E-state index is 0.0648. The molecule has 0 aromatic carbocycles. The van der Waals surface area contributed by atoms with E-state index in [0.29, 0.717) is 6.42 Å². The highest BCUT2D eigenvalue weighted by atomic mass is 32.2. The lowest BCUT2D eigenvalue weighted by Gasteiger charge is -2.09. The summed E-state index contributed by atoms with van der Waals surface area (Å²) in [4.78, 5) is 0. The van der Waals surface area contributed by atoms with E-state index in [4.69, 9.17) is 4.55 Å². The molecule has 4 nitrogen and oxygen atoms in total. The van der Waals surface area contributed by atoms with Crippen LogP contribution < -0.4 is 0 Å². The normalized spacial score (nSPS) is 13.1. The van der Waals surface area contributed by atoms with Gasteiger partial charge in [0, 0.05) is 0 Å². The number of aliphatic hydroxyl groups excluding tert-OH is 1. The van der Waals surface area contributed by atoms with Crippen LogP contribution in [0.2, 0.25) is 0 Å². The Hall–Kier alpha value is -0.130. The van der Waals surface area contributed by atoms with Crippen molar-refractivity contribution in [3.8, 4) is 0 Å². The quantitative estimate of drug-likeness (QED) is 0.145. The lowest BCUT2D eigenvalue weighted by atomic mass is 10.0. The monoisotopic (exact) mass is 420 g/mol. The molecule has 0 aromatic heterocycles. The molecule has 0 radical (unpaired) electrons. The fraction of sp³-hybridized carbons (Fsp3) is 1.00. The van der Waals surface area contributed by atoms with Crippen LogP contribution in [0.15, 0.2) is 0 Å². The Morgan fingerprint density at radius 2 is 0.893 bits per heavy atom. The summed E-state index contributed by atoms with van der Waals surface area (Å²) in [6.07, 6.45) is 23.8. The summed E-state index contributed by atoms with van der Waals surface area (Å²) in [7, 11) is -3.76. The zero-order chi connectivity index (χ0) is 20.9. The van der Waals surface area contributed by atoms with Gasteiger partial charge < -0.3 is 5.11 Å². The Morgan fingerprint density at radius 1 is 0.571 bits per heavy atom. The summed E-state index contributed by atoms with van der Waals surface area (Å²) < 4.78 is 29.8. The molecule has 0 bridgehead atoms. The minimum atomic E-state index is -3.76. The van der Waals surface area contributed by atoms with Gasteiger partial charge in [-0.3, -0.25) is 4.55 Å². The number of unbranched alkanes of at least 4 members (excludes halogenated alkanes) is 16. The van der Waals surface area contributed by atoms with Crippen LogP contribution in [0.3, 0.4) is 0 Å². The van der Waals surface area contributed by atoms with Gasteiger partial charge >= 0.3 is 0 Å². The third-order valence-corrected chi connectivity index (χ3v) is 6.39. The van der Waals surface area contributed by atoms with E-state index in [1.165, 1.54) is 89.9 Å². The molecule has 0 aliphatic heterocycles. The molecule has 0 rings (SSSR count). The predicted molar refractivity (Wildman–Crippen MR) is 120 cm³/mol. The van der Waals surface area contributed by atoms with E-state index in [9.17, 15) is 13.5 Å². The number of aliphatic hydroxyl groups is 1. The summed E-state index contributed by atoms with van der Waals surface area (Å²) in [6, 6.07) is 0. The minimum Gasteiger partial charge on any atom is -0.393 e. The molecule has 1 atom stereocenters. The summed E-state index contributed by atoms with van der Waals surface area (Å²) in [5.41, 5.74) is 0. The van der Waals surface area contributed by atoms with Gasteiger partial charge in [0.05, 0.1) is 11.9 Å². The summed E-state index contributed by atoms with van der Waals surface area (Å²) in [6.45, 7) is 2.18. The Balaban J connectivity index is 3.10.